The Morgan fingerprint density at radius 3 is 2.12 bits per heavy atom. The van der Waals surface area contributed by atoms with Crippen LogP contribution in [0.25, 0.3) is 16.8 Å². The normalized spacial score (nSPS) is 11.8. The number of halogens is 5. The van der Waals surface area contributed by atoms with Crippen LogP contribution in [-0.2, 0) is 6.42 Å². The Kier molecular flexibility index (Phi) is 4.93. The lowest BCUT2D eigenvalue weighted by molar-refractivity contribution is 0.328. The first-order chi connectivity index (χ1) is 12.4. The molecule has 0 heterocycles. The van der Waals surface area contributed by atoms with Crippen molar-refractivity contribution in [3.63, 3.8) is 0 Å². The Morgan fingerprint density at radius 1 is 0.885 bits per heavy atom. The van der Waals surface area contributed by atoms with Gasteiger partial charge in [0.2, 0.25) is 11.6 Å². The van der Waals surface area contributed by atoms with E-state index in [1.54, 1.807) is 18.2 Å². The summed E-state index contributed by atoms with van der Waals surface area (Å²) in [7, 11) is 0.875. The minimum Gasteiger partial charge on any atom is -0.491 e. The van der Waals surface area contributed by atoms with Crippen molar-refractivity contribution in [2.24, 2.45) is 0 Å². The number of fused-ring (bicyclic) bond motifs is 1. The van der Waals surface area contributed by atoms with Gasteiger partial charge < -0.3 is 4.74 Å². The van der Waals surface area contributed by atoms with Gasteiger partial charge in [0.05, 0.1) is 7.11 Å². The Hall–Kier alpha value is -2.89. The van der Waals surface area contributed by atoms with Crippen molar-refractivity contribution in [1.82, 2.24) is 0 Å². The third-order valence-electron chi connectivity index (χ3n) is 3.96. The molecule has 3 rings (SSSR count). The second kappa shape index (κ2) is 7.15. The van der Waals surface area contributed by atoms with E-state index in [0.717, 1.165) is 24.0 Å². The van der Waals surface area contributed by atoms with Gasteiger partial charge in [0.1, 0.15) is 5.83 Å². The maximum absolute atomic E-state index is 14.2. The van der Waals surface area contributed by atoms with E-state index in [0.29, 0.717) is 5.56 Å². The van der Waals surface area contributed by atoms with E-state index in [4.69, 9.17) is 0 Å². The van der Waals surface area contributed by atoms with Gasteiger partial charge in [0.15, 0.2) is 17.4 Å². The lowest BCUT2D eigenvalue weighted by Gasteiger charge is -2.10. The molecule has 0 aliphatic carbocycles. The van der Waals surface area contributed by atoms with Gasteiger partial charge in [-0.15, -0.1) is 0 Å². The highest BCUT2D eigenvalue weighted by Crippen LogP contribution is 2.31. The molecule has 3 aromatic carbocycles. The molecule has 0 amide bonds. The zero-order valence-corrected chi connectivity index (χ0v) is 13.6. The summed E-state index contributed by atoms with van der Waals surface area (Å²) < 4.78 is 73.8. The molecule has 0 aromatic heterocycles. The summed E-state index contributed by atoms with van der Waals surface area (Å²) >= 11 is 0. The summed E-state index contributed by atoms with van der Waals surface area (Å²) in [6, 6.07) is 12.5. The maximum atomic E-state index is 14.2. The number of hydrogen-bond donors (Lipinski definition) is 0. The summed E-state index contributed by atoms with van der Waals surface area (Å²) in [5.74, 6) is -8.87. The minimum absolute atomic E-state index is 0.455. The van der Waals surface area contributed by atoms with Crippen molar-refractivity contribution < 1.29 is 26.7 Å². The average molecular weight is 364 g/mol. The lowest BCUT2D eigenvalue weighted by Crippen LogP contribution is -2.07. The second-order valence-corrected chi connectivity index (χ2v) is 5.64. The predicted molar refractivity (Wildman–Crippen MR) is 89.6 cm³/mol. The van der Waals surface area contributed by atoms with E-state index in [-0.39, 0.29) is 0 Å². The number of rotatable bonds is 4. The number of allylic oxidation sites excluding steroid dienone is 1. The molecule has 0 bridgehead atoms. The van der Waals surface area contributed by atoms with Gasteiger partial charge in [-0.05, 0) is 28.5 Å². The minimum atomic E-state index is -1.69. The van der Waals surface area contributed by atoms with E-state index in [1.807, 2.05) is 24.3 Å². The van der Waals surface area contributed by atoms with Crippen LogP contribution in [0, 0.1) is 23.3 Å². The molecule has 0 fully saturated rings. The second-order valence-electron chi connectivity index (χ2n) is 5.64. The largest absolute Gasteiger partial charge is 0.491 e. The predicted octanol–water partition coefficient (Wildman–Crippen LogP) is 5.96. The topological polar surface area (TPSA) is 9.23 Å². The van der Waals surface area contributed by atoms with Crippen LogP contribution in [0.5, 0.6) is 5.75 Å². The van der Waals surface area contributed by atoms with Crippen molar-refractivity contribution in [2.75, 3.05) is 7.11 Å². The van der Waals surface area contributed by atoms with E-state index >= 15 is 0 Å². The SMILES string of the molecule is COc1c(F)c(F)c(C/C(F)=C/c2ccc3ccccc3c2)c(F)c1F. The van der Waals surface area contributed by atoms with E-state index in [9.17, 15) is 22.0 Å². The third-order valence-corrected chi connectivity index (χ3v) is 3.96. The van der Waals surface area contributed by atoms with Crippen molar-refractivity contribution in [3.05, 3.63) is 82.7 Å². The molecule has 134 valence electrons. The first-order valence-corrected chi connectivity index (χ1v) is 7.66. The number of methoxy groups -OCH3 is 1. The van der Waals surface area contributed by atoms with Gasteiger partial charge in [-0.3, -0.25) is 0 Å². The monoisotopic (exact) mass is 364 g/mol. The van der Waals surface area contributed by atoms with Crippen LogP contribution < -0.4 is 4.74 Å². The van der Waals surface area contributed by atoms with Crippen LogP contribution >= 0.6 is 0 Å². The van der Waals surface area contributed by atoms with Crippen LogP contribution in [-0.4, -0.2) is 7.11 Å². The Morgan fingerprint density at radius 2 is 1.50 bits per heavy atom. The zero-order chi connectivity index (χ0) is 18.8. The molecule has 0 N–H and O–H groups in total. The molecular weight excluding hydrogens is 351 g/mol. The molecule has 0 atom stereocenters. The summed E-state index contributed by atoms with van der Waals surface area (Å²) in [6.45, 7) is 0. The standard InChI is InChI=1S/C20H13F5O/c1-26-20-18(24)16(22)15(17(23)19(20)25)10-14(21)9-11-6-7-12-4-2-3-5-13(12)8-11/h2-9H,10H2,1H3/b14-9-. The maximum Gasteiger partial charge on any atom is 0.204 e. The van der Waals surface area contributed by atoms with Crippen molar-refractivity contribution >= 4 is 16.8 Å². The van der Waals surface area contributed by atoms with Crippen molar-refractivity contribution in [3.8, 4) is 5.75 Å². The molecule has 0 radical (unpaired) electrons. The summed E-state index contributed by atoms with van der Waals surface area (Å²) in [5.41, 5.74) is -0.577. The highest BCUT2D eigenvalue weighted by atomic mass is 19.2. The highest BCUT2D eigenvalue weighted by molar-refractivity contribution is 5.84. The first kappa shape index (κ1) is 17.9. The molecule has 0 saturated heterocycles. The van der Waals surface area contributed by atoms with Crippen LogP contribution in [0.4, 0.5) is 22.0 Å². The molecule has 0 saturated carbocycles. The van der Waals surface area contributed by atoms with Crippen LogP contribution in [0.2, 0.25) is 0 Å². The summed E-state index contributed by atoms with van der Waals surface area (Å²) in [4.78, 5) is 0. The van der Waals surface area contributed by atoms with Crippen molar-refractivity contribution in [1.29, 1.82) is 0 Å². The highest BCUT2D eigenvalue weighted by Gasteiger charge is 2.26. The molecule has 0 aliphatic heterocycles. The van der Waals surface area contributed by atoms with Crippen molar-refractivity contribution in [2.45, 2.75) is 6.42 Å². The molecular formula is C20H13F5O. The lowest BCUT2D eigenvalue weighted by atomic mass is 10.0. The van der Waals surface area contributed by atoms with Crippen LogP contribution in [0.1, 0.15) is 11.1 Å². The van der Waals surface area contributed by atoms with Gasteiger partial charge in [-0.2, -0.15) is 8.78 Å². The average Bonchev–Trinajstić information content (AvgIpc) is 2.64. The molecule has 6 heteroatoms. The summed E-state index contributed by atoms with van der Waals surface area (Å²) in [6.07, 6.45) is 0.133. The fourth-order valence-electron chi connectivity index (χ4n) is 2.69. The molecule has 1 nitrogen and oxygen atoms in total. The number of hydrogen-bond acceptors (Lipinski definition) is 1. The van der Waals surface area contributed by atoms with Gasteiger partial charge in [0, 0.05) is 12.0 Å². The fraction of sp³-hybridized carbons (Fsp3) is 0.100. The van der Waals surface area contributed by atoms with Gasteiger partial charge >= 0.3 is 0 Å². The molecule has 3 aromatic rings. The number of ether oxygens (including phenoxy) is 1. The van der Waals surface area contributed by atoms with E-state index in [2.05, 4.69) is 4.74 Å². The zero-order valence-electron chi connectivity index (χ0n) is 13.6. The molecule has 0 unspecified atom stereocenters. The van der Waals surface area contributed by atoms with Gasteiger partial charge in [0.25, 0.3) is 0 Å². The molecule has 0 aliphatic rings. The van der Waals surface area contributed by atoms with E-state index < -0.39 is 46.8 Å². The molecule has 0 spiro atoms. The Balaban J connectivity index is 1.96. The number of benzene rings is 3. The van der Waals surface area contributed by atoms with Gasteiger partial charge in [-0.25, -0.2) is 13.2 Å². The Labute approximate surface area is 146 Å². The van der Waals surface area contributed by atoms with Gasteiger partial charge in [-0.1, -0.05) is 36.4 Å². The third kappa shape index (κ3) is 3.27. The van der Waals surface area contributed by atoms with Crippen LogP contribution in [0.3, 0.4) is 0 Å². The quantitative estimate of drug-likeness (QED) is 0.410. The van der Waals surface area contributed by atoms with Crippen LogP contribution in [0.15, 0.2) is 48.3 Å². The fourth-order valence-corrected chi connectivity index (χ4v) is 2.69. The molecule has 26 heavy (non-hydrogen) atoms. The Bertz CT molecular complexity index is 981. The first-order valence-electron chi connectivity index (χ1n) is 7.66. The summed E-state index contributed by atoms with van der Waals surface area (Å²) in [5, 5.41) is 1.80. The smallest absolute Gasteiger partial charge is 0.204 e. The van der Waals surface area contributed by atoms with E-state index in [1.165, 1.54) is 0 Å².